The Bertz CT molecular complexity index is 871. The zero-order valence-corrected chi connectivity index (χ0v) is 17.4. The minimum atomic E-state index is -3.99. The maximum Gasteiger partial charge on any atom is 0.241 e. The van der Waals surface area contributed by atoms with E-state index < -0.39 is 27.8 Å². The number of carbonyl (C=O) groups excluding carboxylic acids is 1. The topological polar surface area (TPSA) is 84.5 Å². The van der Waals surface area contributed by atoms with Gasteiger partial charge >= 0.3 is 0 Å². The van der Waals surface area contributed by atoms with Gasteiger partial charge in [0.15, 0.2) is 0 Å². The highest BCUT2D eigenvalue weighted by Crippen LogP contribution is 2.12. The first-order valence-electron chi connectivity index (χ1n) is 9.49. The lowest BCUT2D eigenvalue weighted by molar-refractivity contribution is -0.122. The van der Waals surface area contributed by atoms with Crippen molar-refractivity contribution in [3.8, 4) is 0 Å². The summed E-state index contributed by atoms with van der Waals surface area (Å²) in [5, 5.41) is 2.75. The number of ether oxygens (including phenoxy) is 1. The highest BCUT2D eigenvalue weighted by Gasteiger charge is 2.26. The third-order valence-corrected chi connectivity index (χ3v) is 5.58. The molecular weight excluding hydrogens is 395 g/mol. The van der Waals surface area contributed by atoms with Gasteiger partial charge in [0.25, 0.3) is 0 Å². The lowest BCUT2D eigenvalue weighted by Crippen LogP contribution is -2.48. The molecule has 2 rings (SSSR count). The quantitative estimate of drug-likeness (QED) is 0.545. The Morgan fingerprint density at radius 1 is 1.07 bits per heavy atom. The van der Waals surface area contributed by atoms with Crippen molar-refractivity contribution in [2.24, 2.45) is 0 Å². The molecule has 1 atom stereocenters. The Kier molecular flexibility index (Phi) is 8.75. The molecule has 0 aromatic heterocycles. The van der Waals surface area contributed by atoms with Gasteiger partial charge in [-0.05, 0) is 56.5 Å². The predicted octanol–water partition coefficient (Wildman–Crippen LogP) is 2.65. The summed E-state index contributed by atoms with van der Waals surface area (Å²) in [4.78, 5) is 12.6. The van der Waals surface area contributed by atoms with Crippen LogP contribution in [-0.4, -0.2) is 39.6 Å². The van der Waals surface area contributed by atoms with E-state index in [1.165, 1.54) is 12.1 Å². The molecule has 29 heavy (non-hydrogen) atoms. The van der Waals surface area contributed by atoms with Crippen LogP contribution in [0.3, 0.4) is 0 Å². The zero-order valence-electron chi connectivity index (χ0n) is 16.6. The number of benzene rings is 2. The van der Waals surface area contributed by atoms with Gasteiger partial charge in [-0.2, -0.15) is 4.72 Å². The van der Waals surface area contributed by atoms with E-state index in [1.54, 1.807) is 0 Å². The molecule has 2 aromatic carbocycles. The van der Waals surface area contributed by atoms with E-state index in [0.29, 0.717) is 19.6 Å². The van der Waals surface area contributed by atoms with Gasteiger partial charge in [0.05, 0.1) is 11.0 Å². The normalized spacial score (nSPS) is 12.7. The third-order valence-electron chi connectivity index (χ3n) is 4.09. The summed E-state index contributed by atoms with van der Waals surface area (Å²) >= 11 is 0. The van der Waals surface area contributed by atoms with Crippen LogP contribution in [0.1, 0.15) is 25.8 Å². The van der Waals surface area contributed by atoms with Crippen molar-refractivity contribution in [2.45, 2.75) is 43.7 Å². The fourth-order valence-corrected chi connectivity index (χ4v) is 3.83. The van der Waals surface area contributed by atoms with Crippen molar-refractivity contribution < 1.29 is 22.3 Å². The number of hydrogen-bond donors (Lipinski definition) is 2. The molecule has 0 aliphatic rings. The second kappa shape index (κ2) is 11.0. The largest absolute Gasteiger partial charge is 0.379 e. The molecular formula is C21H27FN2O4S. The molecule has 8 heteroatoms. The molecule has 0 unspecified atom stereocenters. The fraction of sp³-hybridized carbons (Fsp3) is 0.381. The second-order valence-electron chi connectivity index (χ2n) is 6.88. The Morgan fingerprint density at radius 3 is 2.34 bits per heavy atom. The number of nitrogens with one attached hydrogen (secondary N) is 2. The van der Waals surface area contributed by atoms with Crippen LogP contribution in [0.2, 0.25) is 0 Å². The van der Waals surface area contributed by atoms with Crippen molar-refractivity contribution in [1.29, 1.82) is 0 Å². The molecule has 1 amide bonds. The monoisotopic (exact) mass is 422 g/mol. The van der Waals surface area contributed by atoms with Gasteiger partial charge in [0, 0.05) is 13.2 Å². The highest BCUT2D eigenvalue weighted by molar-refractivity contribution is 7.89. The molecule has 0 saturated heterocycles. The highest BCUT2D eigenvalue weighted by atomic mass is 32.2. The van der Waals surface area contributed by atoms with Crippen LogP contribution in [0, 0.1) is 5.82 Å². The summed E-state index contributed by atoms with van der Waals surface area (Å²) in [6, 6.07) is 12.6. The molecule has 158 valence electrons. The van der Waals surface area contributed by atoms with Crippen molar-refractivity contribution in [3.05, 3.63) is 66.0 Å². The fourth-order valence-electron chi connectivity index (χ4n) is 2.63. The van der Waals surface area contributed by atoms with E-state index in [1.807, 2.05) is 44.2 Å². The molecule has 0 heterocycles. The van der Waals surface area contributed by atoms with E-state index in [0.717, 1.165) is 17.7 Å². The van der Waals surface area contributed by atoms with Gasteiger partial charge in [-0.1, -0.05) is 30.3 Å². The first-order valence-corrected chi connectivity index (χ1v) is 11.0. The summed E-state index contributed by atoms with van der Waals surface area (Å²) in [6.45, 7) is 4.73. The zero-order chi connectivity index (χ0) is 21.3. The molecule has 2 N–H and O–H groups in total. The van der Waals surface area contributed by atoms with Gasteiger partial charge in [-0.3, -0.25) is 4.79 Å². The van der Waals surface area contributed by atoms with Crippen molar-refractivity contribution in [3.63, 3.8) is 0 Å². The van der Waals surface area contributed by atoms with Crippen molar-refractivity contribution in [2.75, 3.05) is 13.2 Å². The molecule has 0 aliphatic carbocycles. The van der Waals surface area contributed by atoms with E-state index in [-0.39, 0.29) is 17.4 Å². The molecule has 0 aliphatic heterocycles. The molecule has 0 saturated carbocycles. The van der Waals surface area contributed by atoms with Crippen LogP contribution >= 0.6 is 0 Å². The average Bonchev–Trinajstić information content (AvgIpc) is 2.68. The van der Waals surface area contributed by atoms with Crippen LogP contribution in [0.25, 0.3) is 0 Å². The van der Waals surface area contributed by atoms with Crippen LogP contribution in [-0.2, 0) is 26.0 Å². The SMILES string of the molecule is CC(C)OCCCNC(=O)[C@@H](Cc1ccccc1)NS(=O)(=O)c1ccc(F)cc1. The van der Waals surface area contributed by atoms with E-state index in [9.17, 15) is 17.6 Å². The Labute approximate surface area is 171 Å². The lowest BCUT2D eigenvalue weighted by Gasteiger charge is -2.19. The summed E-state index contributed by atoms with van der Waals surface area (Å²) in [5.74, 6) is -0.963. The summed E-state index contributed by atoms with van der Waals surface area (Å²) in [7, 11) is -3.99. The molecule has 2 aromatic rings. The molecule has 6 nitrogen and oxygen atoms in total. The standard InChI is InChI=1S/C21H27FN2O4S/c1-16(2)28-14-6-13-23-21(25)20(15-17-7-4-3-5-8-17)24-29(26,27)19-11-9-18(22)10-12-19/h3-5,7-12,16,20,24H,6,13-15H2,1-2H3,(H,23,25)/t20-/m1/s1. The molecule has 0 radical (unpaired) electrons. The third kappa shape index (κ3) is 7.92. The number of sulfonamides is 1. The number of carbonyl (C=O) groups is 1. The number of amides is 1. The first kappa shape index (κ1) is 23.0. The van der Waals surface area contributed by atoms with E-state index in [4.69, 9.17) is 4.74 Å². The molecule has 0 spiro atoms. The van der Waals surface area contributed by atoms with Crippen LogP contribution in [0.15, 0.2) is 59.5 Å². The predicted molar refractivity (Wildman–Crippen MR) is 109 cm³/mol. The number of halogens is 1. The maximum atomic E-state index is 13.1. The van der Waals surface area contributed by atoms with Gasteiger partial charge in [0.1, 0.15) is 11.9 Å². The lowest BCUT2D eigenvalue weighted by atomic mass is 10.1. The molecule has 0 bridgehead atoms. The summed E-state index contributed by atoms with van der Waals surface area (Å²) in [5.41, 5.74) is 0.817. The molecule has 0 fully saturated rings. The number of hydrogen-bond acceptors (Lipinski definition) is 4. The Hall–Kier alpha value is -2.29. The van der Waals surface area contributed by atoms with Crippen molar-refractivity contribution >= 4 is 15.9 Å². The Balaban J connectivity index is 2.08. The van der Waals surface area contributed by atoms with Gasteiger partial charge in [-0.15, -0.1) is 0 Å². The van der Waals surface area contributed by atoms with Crippen molar-refractivity contribution in [1.82, 2.24) is 10.0 Å². The summed E-state index contributed by atoms with van der Waals surface area (Å²) in [6.07, 6.45) is 0.918. The Morgan fingerprint density at radius 2 is 1.72 bits per heavy atom. The van der Waals surface area contributed by atoms with Gasteiger partial charge in [0.2, 0.25) is 15.9 Å². The van der Waals surface area contributed by atoms with Gasteiger partial charge < -0.3 is 10.1 Å². The number of rotatable bonds is 11. The minimum Gasteiger partial charge on any atom is -0.379 e. The van der Waals surface area contributed by atoms with Crippen LogP contribution < -0.4 is 10.0 Å². The summed E-state index contributed by atoms with van der Waals surface area (Å²) < 4.78 is 46.3. The average molecular weight is 423 g/mol. The van der Waals surface area contributed by atoms with Crippen LogP contribution in [0.5, 0.6) is 0 Å². The maximum absolute atomic E-state index is 13.1. The van der Waals surface area contributed by atoms with E-state index in [2.05, 4.69) is 10.0 Å². The smallest absolute Gasteiger partial charge is 0.241 e. The minimum absolute atomic E-state index is 0.102. The van der Waals surface area contributed by atoms with E-state index >= 15 is 0 Å². The van der Waals surface area contributed by atoms with Crippen LogP contribution in [0.4, 0.5) is 4.39 Å². The van der Waals surface area contributed by atoms with Gasteiger partial charge in [-0.25, -0.2) is 12.8 Å². The first-order chi connectivity index (χ1) is 13.8. The second-order valence-corrected chi connectivity index (χ2v) is 8.60.